The number of hydrogen-bond donors (Lipinski definition) is 1. The molecule has 0 aromatic carbocycles. The van der Waals surface area contributed by atoms with Gasteiger partial charge in [0.15, 0.2) is 0 Å². The Hall–Kier alpha value is -0.240. The Morgan fingerprint density at radius 1 is 1.42 bits per heavy atom. The summed E-state index contributed by atoms with van der Waals surface area (Å²) < 4.78 is 0. The van der Waals surface area contributed by atoms with Crippen molar-refractivity contribution in [2.75, 3.05) is 5.88 Å². The van der Waals surface area contributed by atoms with Crippen molar-refractivity contribution in [2.45, 2.75) is 38.1 Å². The van der Waals surface area contributed by atoms with Crippen molar-refractivity contribution in [3.05, 3.63) is 0 Å². The first-order valence-corrected chi connectivity index (χ1v) is 5.02. The molecule has 0 aromatic heterocycles. The van der Waals surface area contributed by atoms with Gasteiger partial charge in [0.2, 0.25) is 5.91 Å². The predicted octanol–water partition coefficient (Wildman–Crippen LogP) is 1.67. The summed E-state index contributed by atoms with van der Waals surface area (Å²) in [5.41, 5.74) is 0.535. The summed E-state index contributed by atoms with van der Waals surface area (Å²) in [6.45, 7) is 2.26. The lowest BCUT2D eigenvalue weighted by molar-refractivity contribution is -0.120. The number of alkyl halides is 1. The molecule has 0 radical (unpaired) electrons. The van der Waals surface area contributed by atoms with Gasteiger partial charge in [-0.05, 0) is 31.1 Å². The van der Waals surface area contributed by atoms with E-state index >= 15 is 0 Å². The molecule has 0 saturated heterocycles. The zero-order chi connectivity index (χ0) is 8.82. The van der Waals surface area contributed by atoms with Crippen LogP contribution in [0.5, 0.6) is 0 Å². The van der Waals surface area contributed by atoms with Crippen LogP contribution >= 0.6 is 11.6 Å². The lowest BCUT2D eigenvalue weighted by atomic mass is 9.96. The molecule has 0 spiro atoms. The summed E-state index contributed by atoms with van der Waals surface area (Å²) >= 11 is 5.44. The van der Waals surface area contributed by atoms with Crippen molar-refractivity contribution in [3.8, 4) is 0 Å². The number of rotatable bonds is 3. The molecule has 0 atom stereocenters. The highest BCUT2D eigenvalue weighted by molar-refractivity contribution is 6.27. The van der Waals surface area contributed by atoms with Crippen LogP contribution in [0.1, 0.15) is 32.6 Å². The first-order chi connectivity index (χ1) is 5.62. The molecule has 2 nitrogen and oxygen atoms in total. The number of carbonyl (C=O) groups is 1. The van der Waals surface area contributed by atoms with Crippen LogP contribution in [0.4, 0.5) is 0 Å². The lowest BCUT2D eigenvalue weighted by Gasteiger charge is -2.23. The van der Waals surface area contributed by atoms with Gasteiger partial charge in [0.05, 0.1) is 0 Å². The Labute approximate surface area is 77.7 Å². The first-order valence-electron chi connectivity index (χ1n) is 4.49. The third-order valence-corrected chi connectivity index (χ3v) is 3.65. The second-order valence-corrected chi connectivity index (χ2v) is 4.59. The fourth-order valence-electron chi connectivity index (χ4n) is 1.97. The van der Waals surface area contributed by atoms with Crippen LogP contribution < -0.4 is 5.32 Å². The topological polar surface area (TPSA) is 29.1 Å². The van der Waals surface area contributed by atoms with E-state index in [2.05, 4.69) is 12.2 Å². The fraction of sp³-hybridized carbons (Fsp3) is 0.889. The number of carbonyl (C=O) groups excluding carboxylic acids is 1. The predicted molar refractivity (Wildman–Crippen MR) is 48.2 cm³/mol. The quantitative estimate of drug-likeness (QED) is 0.670. The Morgan fingerprint density at radius 2 is 2.00 bits per heavy atom. The van der Waals surface area contributed by atoms with Gasteiger partial charge in [-0.1, -0.05) is 6.92 Å². The molecular formula is C9H14ClNO. The van der Waals surface area contributed by atoms with Gasteiger partial charge >= 0.3 is 0 Å². The van der Waals surface area contributed by atoms with Crippen LogP contribution in [0.25, 0.3) is 0 Å². The van der Waals surface area contributed by atoms with Crippen LogP contribution in [-0.2, 0) is 4.79 Å². The molecule has 3 heteroatoms. The van der Waals surface area contributed by atoms with Crippen LogP contribution in [0.3, 0.4) is 0 Å². The van der Waals surface area contributed by atoms with Gasteiger partial charge in [0.1, 0.15) is 5.88 Å². The van der Waals surface area contributed by atoms with E-state index in [1.807, 2.05) is 0 Å². The molecular weight excluding hydrogens is 174 g/mol. The van der Waals surface area contributed by atoms with Gasteiger partial charge in [-0.3, -0.25) is 4.79 Å². The Bertz CT molecular complexity index is 219. The summed E-state index contributed by atoms with van der Waals surface area (Å²) in [5, 5.41) is 3.05. The van der Waals surface area contributed by atoms with Crippen LogP contribution in [0, 0.1) is 5.41 Å². The highest BCUT2D eigenvalue weighted by Gasteiger charge is 2.63. The van der Waals surface area contributed by atoms with E-state index < -0.39 is 0 Å². The molecule has 12 heavy (non-hydrogen) atoms. The van der Waals surface area contributed by atoms with Crippen molar-refractivity contribution >= 4 is 17.5 Å². The maximum atomic E-state index is 11.1. The molecule has 1 N–H and O–H groups in total. The summed E-state index contributed by atoms with van der Waals surface area (Å²) in [4.78, 5) is 11.1. The van der Waals surface area contributed by atoms with E-state index in [-0.39, 0.29) is 17.3 Å². The minimum absolute atomic E-state index is 0.0118. The van der Waals surface area contributed by atoms with Crippen molar-refractivity contribution in [2.24, 2.45) is 5.41 Å². The number of halogens is 1. The average Bonchev–Trinajstić information content (AvgIpc) is 2.89. The van der Waals surface area contributed by atoms with E-state index in [1.54, 1.807) is 0 Å². The molecule has 68 valence electrons. The average molecular weight is 188 g/mol. The molecule has 0 aliphatic heterocycles. The molecule has 2 aliphatic rings. The van der Waals surface area contributed by atoms with Crippen LogP contribution in [0.15, 0.2) is 0 Å². The Balaban J connectivity index is 1.98. The van der Waals surface area contributed by atoms with Crippen molar-refractivity contribution in [3.63, 3.8) is 0 Å². The lowest BCUT2D eigenvalue weighted by Crippen LogP contribution is -2.43. The number of hydrogen-bond acceptors (Lipinski definition) is 1. The molecule has 0 aromatic rings. The monoisotopic (exact) mass is 187 g/mol. The van der Waals surface area contributed by atoms with Gasteiger partial charge in [0, 0.05) is 5.54 Å². The highest BCUT2D eigenvalue weighted by Crippen LogP contribution is 2.63. The van der Waals surface area contributed by atoms with Crippen LogP contribution in [0.2, 0.25) is 0 Å². The SMILES string of the molecule is CC1(C2(NC(=O)CCl)CC2)CC1. The van der Waals surface area contributed by atoms with Crippen LogP contribution in [-0.4, -0.2) is 17.3 Å². The Kier molecular flexibility index (Phi) is 1.66. The molecule has 1 amide bonds. The second-order valence-electron chi connectivity index (χ2n) is 4.32. The van der Waals surface area contributed by atoms with E-state index in [4.69, 9.17) is 11.6 Å². The van der Waals surface area contributed by atoms with Gasteiger partial charge in [-0.15, -0.1) is 11.6 Å². The Morgan fingerprint density at radius 3 is 2.33 bits per heavy atom. The van der Waals surface area contributed by atoms with Gasteiger partial charge in [-0.25, -0.2) is 0 Å². The van der Waals surface area contributed by atoms with Gasteiger partial charge in [-0.2, -0.15) is 0 Å². The summed E-state index contributed by atoms with van der Waals surface area (Å²) in [7, 11) is 0. The molecule has 2 rings (SSSR count). The van der Waals surface area contributed by atoms with E-state index in [0.29, 0.717) is 5.41 Å². The summed E-state index contributed by atoms with van der Waals surface area (Å²) in [6, 6.07) is 0. The van der Waals surface area contributed by atoms with E-state index in [0.717, 1.165) is 12.8 Å². The van der Waals surface area contributed by atoms with Crippen molar-refractivity contribution in [1.82, 2.24) is 5.32 Å². The van der Waals surface area contributed by atoms with Gasteiger partial charge in [0.25, 0.3) is 0 Å². The molecule has 0 heterocycles. The minimum Gasteiger partial charge on any atom is -0.349 e. The zero-order valence-electron chi connectivity index (χ0n) is 7.32. The largest absolute Gasteiger partial charge is 0.349 e. The standard InChI is InChI=1S/C9H14ClNO/c1-8(2-3-8)9(4-5-9)11-7(12)6-10/h2-6H2,1H3,(H,11,12). The van der Waals surface area contributed by atoms with Crippen molar-refractivity contribution < 1.29 is 4.79 Å². The smallest absolute Gasteiger partial charge is 0.235 e. The molecule has 2 saturated carbocycles. The molecule has 0 bridgehead atoms. The number of amides is 1. The fourth-order valence-corrected chi connectivity index (χ4v) is 2.04. The third-order valence-electron chi connectivity index (χ3n) is 3.41. The first kappa shape index (κ1) is 8.36. The number of nitrogens with one attached hydrogen (secondary N) is 1. The minimum atomic E-state index is -0.0118. The third kappa shape index (κ3) is 1.13. The zero-order valence-corrected chi connectivity index (χ0v) is 8.08. The molecule has 2 fully saturated rings. The highest BCUT2D eigenvalue weighted by atomic mass is 35.5. The van der Waals surface area contributed by atoms with E-state index in [1.165, 1.54) is 12.8 Å². The second kappa shape index (κ2) is 2.38. The molecule has 2 aliphatic carbocycles. The summed E-state index contributed by atoms with van der Waals surface area (Å²) in [5.74, 6) is 0.0833. The summed E-state index contributed by atoms with van der Waals surface area (Å²) in [6.07, 6.45) is 4.81. The maximum absolute atomic E-state index is 11.1. The maximum Gasteiger partial charge on any atom is 0.235 e. The van der Waals surface area contributed by atoms with Gasteiger partial charge < -0.3 is 5.32 Å². The molecule has 0 unspecified atom stereocenters. The normalized spacial score (nSPS) is 27.8. The van der Waals surface area contributed by atoms with Crippen molar-refractivity contribution in [1.29, 1.82) is 0 Å². The van der Waals surface area contributed by atoms with E-state index in [9.17, 15) is 4.79 Å².